The summed E-state index contributed by atoms with van der Waals surface area (Å²) >= 11 is 0. The molecule has 142 valence electrons. The number of hydrogen-bond acceptors (Lipinski definition) is 4. The van der Waals surface area contributed by atoms with Crippen LogP contribution in [0.25, 0.3) is 11.1 Å². The summed E-state index contributed by atoms with van der Waals surface area (Å²) in [5.74, 6) is 0. The van der Waals surface area contributed by atoms with Crippen molar-refractivity contribution in [3.63, 3.8) is 0 Å². The summed E-state index contributed by atoms with van der Waals surface area (Å²) < 4.78 is 27.5. The predicted molar refractivity (Wildman–Crippen MR) is 107 cm³/mol. The molecule has 0 unspecified atom stereocenters. The van der Waals surface area contributed by atoms with Gasteiger partial charge in [-0.1, -0.05) is 24.3 Å². The zero-order chi connectivity index (χ0) is 19.6. The molecule has 6 heteroatoms. The van der Waals surface area contributed by atoms with Crippen molar-refractivity contribution in [2.45, 2.75) is 37.2 Å². The zero-order valence-corrected chi connectivity index (χ0v) is 16.8. The molecule has 1 aliphatic heterocycles. The van der Waals surface area contributed by atoms with Crippen molar-refractivity contribution in [2.24, 2.45) is 0 Å². The maximum Gasteiger partial charge on any atom is 0.243 e. The molecule has 0 saturated carbocycles. The van der Waals surface area contributed by atoms with Crippen molar-refractivity contribution in [1.29, 1.82) is 5.26 Å². The van der Waals surface area contributed by atoms with Gasteiger partial charge in [0.25, 0.3) is 0 Å². The number of sulfonamides is 1. The van der Waals surface area contributed by atoms with E-state index in [0.717, 1.165) is 17.5 Å². The minimum absolute atomic E-state index is 0.262. The minimum Gasteiger partial charge on any atom is -0.300 e. The van der Waals surface area contributed by atoms with Crippen LogP contribution in [-0.4, -0.2) is 49.8 Å². The number of likely N-dealkylation sites (N-methyl/N-ethyl adjacent to an activating group) is 1. The Morgan fingerprint density at radius 2 is 1.63 bits per heavy atom. The molecule has 1 heterocycles. The lowest BCUT2D eigenvalue weighted by atomic mass is 10.0. The van der Waals surface area contributed by atoms with Gasteiger partial charge in [-0.05, 0) is 62.7 Å². The summed E-state index contributed by atoms with van der Waals surface area (Å²) in [6.07, 6.45) is 0.858. The normalized spacial score (nSPS) is 18.1. The van der Waals surface area contributed by atoms with Crippen molar-refractivity contribution in [3.8, 4) is 17.2 Å². The van der Waals surface area contributed by atoms with Gasteiger partial charge in [0.2, 0.25) is 10.0 Å². The molecular weight excluding hydrogens is 358 g/mol. The Hall–Kier alpha value is -2.20. The van der Waals surface area contributed by atoms with E-state index >= 15 is 0 Å². The monoisotopic (exact) mass is 383 g/mol. The molecule has 0 N–H and O–H groups in total. The molecule has 0 bridgehead atoms. The highest BCUT2D eigenvalue weighted by Gasteiger charge is 2.34. The maximum atomic E-state index is 13.0. The van der Waals surface area contributed by atoms with Gasteiger partial charge in [-0.3, -0.25) is 4.90 Å². The fraction of sp³-hybridized carbons (Fsp3) is 0.381. The number of benzene rings is 2. The van der Waals surface area contributed by atoms with Crippen molar-refractivity contribution in [1.82, 2.24) is 9.21 Å². The average Bonchev–Trinajstić information content (AvgIpc) is 3.18. The van der Waals surface area contributed by atoms with Crippen LogP contribution in [0.2, 0.25) is 0 Å². The standard InChI is InChI=1S/C21H25N3O2S/c1-16(2)23(3)20-12-13-24(15-20)27(25,26)21-10-8-19(9-11-21)18-6-4-17(14-22)5-7-18/h4-11,16,20H,12-13,15H2,1-3H3/t20-/m1/s1. The smallest absolute Gasteiger partial charge is 0.243 e. The molecule has 0 aromatic heterocycles. The lowest BCUT2D eigenvalue weighted by molar-refractivity contribution is 0.202. The topological polar surface area (TPSA) is 64.4 Å². The molecule has 0 radical (unpaired) electrons. The van der Waals surface area contributed by atoms with Crippen LogP contribution in [0.4, 0.5) is 0 Å². The van der Waals surface area contributed by atoms with E-state index in [1.54, 1.807) is 28.6 Å². The molecule has 1 aliphatic rings. The number of rotatable bonds is 5. The summed E-state index contributed by atoms with van der Waals surface area (Å²) in [4.78, 5) is 2.57. The van der Waals surface area contributed by atoms with Gasteiger partial charge in [0, 0.05) is 25.2 Å². The molecule has 2 aromatic rings. The van der Waals surface area contributed by atoms with E-state index in [1.165, 1.54) is 0 Å². The molecular formula is C21H25N3O2S. The van der Waals surface area contributed by atoms with Crippen molar-refractivity contribution in [3.05, 3.63) is 54.1 Å². The van der Waals surface area contributed by atoms with Gasteiger partial charge < -0.3 is 0 Å². The minimum atomic E-state index is -3.48. The Morgan fingerprint density at radius 1 is 1.07 bits per heavy atom. The van der Waals surface area contributed by atoms with Crippen LogP contribution in [0, 0.1) is 11.3 Å². The number of nitriles is 1. The second-order valence-corrected chi connectivity index (χ2v) is 9.22. The highest BCUT2D eigenvalue weighted by molar-refractivity contribution is 7.89. The first-order valence-corrected chi connectivity index (χ1v) is 10.6. The number of nitrogens with zero attached hydrogens (tertiary/aromatic N) is 3. The van der Waals surface area contributed by atoms with Gasteiger partial charge in [-0.15, -0.1) is 0 Å². The Labute approximate surface area is 161 Å². The number of hydrogen-bond donors (Lipinski definition) is 0. The van der Waals surface area contributed by atoms with Crippen LogP contribution in [0.3, 0.4) is 0 Å². The molecule has 0 amide bonds. The van der Waals surface area contributed by atoms with E-state index in [1.807, 2.05) is 24.3 Å². The largest absolute Gasteiger partial charge is 0.300 e. The maximum absolute atomic E-state index is 13.0. The van der Waals surface area contributed by atoms with Gasteiger partial charge in [-0.25, -0.2) is 8.42 Å². The van der Waals surface area contributed by atoms with Crippen LogP contribution in [0.1, 0.15) is 25.8 Å². The summed E-state index contributed by atoms with van der Waals surface area (Å²) in [5, 5.41) is 8.89. The highest BCUT2D eigenvalue weighted by atomic mass is 32.2. The molecule has 1 atom stereocenters. The summed E-state index contributed by atoms with van der Waals surface area (Å²) in [7, 11) is -1.42. The van der Waals surface area contributed by atoms with Crippen LogP contribution >= 0.6 is 0 Å². The van der Waals surface area contributed by atoms with Crippen LogP contribution in [0.15, 0.2) is 53.4 Å². The lowest BCUT2D eigenvalue weighted by Crippen LogP contribution is -2.40. The van der Waals surface area contributed by atoms with Crippen molar-refractivity contribution >= 4 is 10.0 Å². The molecule has 27 heavy (non-hydrogen) atoms. The summed E-state index contributed by atoms with van der Waals surface area (Å²) in [5.41, 5.74) is 2.49. The molecule has 0 aliphatic carbocycles. The van der Waals surface area contributed by atoms with E-state index in [2.05, 4.69) is 31.9 Å². The van der Waals surface area contributed by atoms with Crippen molar-refractivity contribution < 1.29 is 8.42 Å². The highest BCUT2D eigenvalue weighted by Crippen LogP contribution is 2.26. The second-order valence-electron chi connectivity index (χ2n) is 7.28. The Morgan fingerprint density at radius 3 is 2.15 bits per heavy atom. The molecule has 1 fully saturated rings. The van der Waals surface area contributed by atoms with Gasteiger partial charge in [-0.2, -0.15) is 9.57 Å². The van der Waals surface area contributed by atoms with Gasteiger partial charge in [0.05, 0.1) is 16.5 Å². The van der Waals surface area contributed by atoms with Gasteiger partial charge in [0.1, 0.15) is 0 Å². The molecule has 2 aromatic carbocycles. The molecule has 3 rings (SSSR count). The third-order valence-corrected chi connectivity index (χ3v) is 7.24. The van der Waals surface area contributed by atoms with Crippen LogP contribution < -0.4 is 0 Å². The Balaban J connectivity index is 1.77. The Bertz CT molecular complexity index is 929. The van der Waals surface area contributed by atoms with E-state index in [0.29, 0.717) is 29.6 Å². The average molecular weight is 384 g/mol. The quantitative estimate of drug-likeness (QED) is 0.794. The predicted octanol–water partition coefficient (Wildman–Crippen LogP) is 3.33. The SMILES string of the molecule is CC(C)N(C)[C@@H]1CCN(S(=O)(=O)c2ccc(-c3ccc(C#N)cc3)cc2)C1. The molecule has 1 saturated heterocycles. The lowest BCUT2D eigenvalue weighted by Gasteiger charge is -2.28. The first-order valence-electron chi connectivity index (χ1n) is 9.15. The fourth-order valence-electron chi connectivity index (χ4n) is 3.39. The first kappa shape index (κ1) is 19.6. The van der Waals surface area contributed by atoms with E-state index in [4.69, 9.17) is 5.26 Å². The van der Waals surface area contributed by atoms with Gasteiger partial charge >= 0.3 is 0 Å². The molecule has 5 nitrogen and oxygen atoms in total. The summed E-state index contributed by atoms with van der Waals surface area (Å²) in [6.45, 7) is 5.34. The van der Waals surface area contributed by atoms with Crippen molar-refractivity contribution in [2.75, 3.05) is 20.1 Å². The summed E-state index contributed by atoms with van der Waals surface area (Å²) in [6, 6.07) is 17.0. The third-order valence-electron chi connectivity index (χ3n) is 5.36. The van der Waals surface area contributed by atoms with Crippen LogP contribution in [-0.2, 0) is 10.0 Å². The first-order chi connectivity index (χ1) is 12.8. The fourth-order valence-corrected chi connectivity index (χ4v) is 4.88. The second kappa shape index (κ2) is 7.81. The van der Waals surface area contributed by atoms with E-state index in [9.17, 15) is 8.42 Å². The third kappa shape index (κ3) is 4.06. The molecule has 0 spiro atoms. The van der Waals surface area contributed by atoms with Gasteiger partial charge in [0.15, 0.2) is 0 Å². The Kier molecular flexibility index (Phi) is 5.66. The zero-order valence-electron chi connectivity index (χ0n) is 16.0. The van der Waals surface area contributed by atoms with Crippen LogP contribution in [0.5, 0.6) is 0 Å². The van der Waals surface area contributed by atoms with E-state index < -0.39 is 10.0 Å². The van der Waals surface area contributed by atoms with E-state index in [-0.39, 0.29) is 6.04 Å².